The molecule has 166 valence electrons. The van der Waals surface area contributed by atoms with Crippen molar-refractivity contribution in [2.75, 3.05) is 33.7 Å². The summed E-state index contributed by atoms with van der Waals surface area (Å²) in [5.41, 5.74) is 5.08. The molecule has 6 nitrogen and oxygen atoms in total. The average Bonchev–Trinajstić information content (AvgIpc) is 3.36. The highest BCUT2D eigenvalue weighted by Gasteiger charge is 2.16. The summed E-state index contributed by atoms with van der Waals surface area (Å²) in [7, 11) is 3.86. The van der Waals surface area contributed by atoms with Crippen LogP contribution in [0.25, 0.3) is 26.4 Å². The number of benzene rings is 2. The van der Waals surface area contributed by atoms with Crippen molar-refractivity contribution in [3.8, 4) is 11.3 Å². The van der Waals surface area contributed by atoms with Gasteiger partial charge in [-0.15, -0.1) is 0 Å². The molecule has 3 heterocycles. The fourth-order valence-corrected chi connectivity index (χ4v) is 5.66. The normalized spacial score (nSPS) is 17.2. The van der Waals surface area contributed by atoms with E-state index in [4.69, 9.17) is 4.98 Å². The summed E-state index contributed by atoms with van der Waals surface area (Å²) in [5.74, 6) is 0.677. The molecule has 2 N–H and O–H groups in total. The van der Waals surface area contributed by atoms with E-state index in [1.54, 1.807) is 18.4 Å². The van der Waals surface area contributed by atoms with E-state index in [-0.39, 0.29) is 5.91 Å². The van der Waals surface area contributed by atoms with E-state index in [9.17, 15) is 4.79 Å². The van der Waals surface area contributed by atoms with Crippen molar-refractivity contribution in [3.05, 3.63) is 59.8 Å². The Balaban J connectivity index is 1.29. The second kappa shape index (κ2) is 9.02. The molecule has 1 saturated heterocycles. The van der Waals surface area contributed by atoms with E-state index in [1.807, 2.05) is 24.3 Å². The molecule has 0 bridgehead atoms. The maximum atomic E-state index is 11.8. The van der Waals surface area contributed by atoms with Gasteiger partial charge in [0.05, 0.1) is 15.9 Å². The largest absolute Gasteiger partial charge is 0.355 e. The third kappa shape index (κ3) is 4.28. The van der Waals surface area contributed by atoms with Crippen LogP contribution in [0.4, 0.5) is 0 Å². The van der Waals surface area contributed by atoms with Gasteiger partial charge in [0.1, 0.15) is 0 Å². The van der Waals surface area contributed by atoms with Gasteiger partial charge in [-0.1, -0.05) is 29.5 Å². The van der Waals surface area contributed by atoms with Crippen molar-refractivity contribution < 1.29 is 4.79 Å². The van der Waals surface area contributed by atoms with Gasteiger partial charge in [0.2, 0.25) is 0 Å². The molecule has 5 rings (SSSR count). The topological polar surface area (TPSA) is 61.7 Å². The van der Waals surface area contributed by atoms with E-state index >= 15 is 0 Å². The lowest BCUT2D eigenvalue weighted by Crippen LogP contribution is -2.37. The quantitative estimate of drug-likeness (QED) is 0.469. The number of rotatable bonds is 6. The first-order valence-corrected chi connectivity index (χ1v) is 12.0. The predicted molar refractivity (Wildman–Crippen MR) is 131 cm³/mol. The molecular formula is C25H29N5OS. The van der Waals surface area contributed by atoms with E-state index in [2.05, 4.69) is 51.4 Å². The molecule has 0 unspecified atom stereocenters. The second-order valence-electron chi connectivity index (χ2n) is 8.74. The fraction of sp³-hybridized carbons (Fsp3) is 0.360. The molecular weight excluding hydrogens is 418 g/mol. The number of amides is 1. The van der Waals surface area contributed by atoms with E-state index in [1.165, 1.54) is 41.7 Å². The number of carbonyl (C=O) groups excluding carboxylic acids is 1. The zero-order chi connectivity index (χ0) is 22.1. The molecule has 0 radical (unpaired) electrons. The minimum Gasteiger partial charge on any atom is -0.355 e. The lowest BCUT2D eigenvalue weighted by molar-refractivity contribution is 0.0963. The summed E-state index contributed by atoms with van der Waals surface area (Å²) in [5, 5.41) is 6.31. The van der Waals surface area contributed by atoms with E-state index in [0.717, 1.165) is 35.2 Å². The van der Waals surface area contributed by atoms with Crippen molar-refractivity contribution in [1.29, 1.82) is 0 Å². The third-order valence-electron chi connectivity index (χ3n) is 6.31. The molecule has 2 aromatic heterocycles. The highest BCUT2D eigenvalue weighted by Crippen LogP contribution is 2.30. The van der Waals surface area contributed by atoms with Gasteiger partial charge in [0, 0.05) is 37.5 Å². The minimum absolute atomic E-state index is 0.0789. The summed E-state index contributed by atoms with van der Waals surface area (Å²) in [4.78, 5) is 20.0. The Kier molecular flexibility index (Phi) is 5.95. The molecule has 0 spiro atoms. The Morgan fingerprint density at radius 2 is 2.06 bits per heavy atom. The van der Waals surface area contributed by atoms with Crippen molar-refractivity contribution in [1.82, 2.24) is 24.9 Å². The zero-order valence-electron chi connectivity index (χ0n) is 18.6. The van der Waals surface area contributed by atoms with Crippen LogP contribution in [0, 0.1) is 5.92 Å². The number of hydrogen-bond acceptors (Lipinski definition) is 5. The summed E-state index contributed by atoms with van der Waals surface area (Å²) < 4.78 is 3.42. The first-order valence-electron chi connectivity index (χ1n) is 11.2. The Hall–Kier alpha value is -2.74. The lowest BCUT2D eigenvalue weighted by atomic mass is 9.98. The Bertz CT molecular complexity index is 1240. The van der Waals surface area contributed by atoms with Gasteiger partial charge >= 0.3 is 0 Å². The number of fused-ring (bicyclic) bond motifs is 3. The van der Waals surface area contributed by atoms with Crippen LogP contribution in [0.2, 0.25) is 0 Å². The van der Waals surface area contributed by atoms with Gasteiger partial charge in [-0.3, -0.25) is 9.20 Å². The molecule has 2 aromatic carbocycles. The number of carbonyl (C=O) groups is 1. The van der Waals surface area contributed by atoms with E-state index in [0.29, 0.717) is 5.56 Å². The number of nitrogens with one attached hydrogen (secondary N) is 2. The molecule has 0 saturated carbocycles. The highest BCUT2D eigenvalue weighted by atomic mass is 32.1. The van der Waals surface area contributed by atoms with Gasteiger partial charge in [-0.25, -0.2) is 4.98 Å². The van der Waals surface area contributed by atoms with Crippen molar-refractivity contribution in [3.63, 3.8) is 0 Å². The Morgan fingerprint density at radius 3 is 2.84 bits per heavy atom. The molecule has 32 heavy (non-hydrogen) atoms. The van der Waals surface area contributed by atoms with Crippen LogP contribution in [0.3, 0.4) is 0 Å². The molecule has 1 amide bonds. The van der Waals surface area contributed by atoms with Crippen LogP contribution in [0.15, 0.2) is 48.7 Å². The van der Waals surface area contributed by atoms with Crippen LogP contribution in [0.1, 0.15) is 28.8 Å². The number of imidazole rings is 1. The highest BCUT2D eigenvalue weighted by molar-refractivity contribution is 7.23. The first-order chi connectivity index (χ1) is 15.6. The molecule has 7 heteroatoms. The number of aromatic nitrogens is 2. The first kappa shape index (κ1) is 21.1. The van der Waals surface area contributed by atoms with Crippen molar-refractivity contribution in [2.24, 2.45) is 5.92 Å². The fourth-order valence-electron chi connectivity index (χ4n) is 4.59. The average molecular weight is 448 g/mol. The monoisotopic (exact) mass is 447 g/mol. The number of nitrogens with zero attached hydrogens (tertiary/aromatic N) is 3. The lowest BCUT2D eigenvalue weighted by Gasteiger charge is -2.29. The van der Waals surface area contributed by atoms with Gasteiger partial charge < -0.3 is 15.5 Å². The maximum Gasteiger partial charge on any atom is 0.251 e. The van der Waals surface area contributed by atoms with Gasteiger partial charge in [-0.05, 0) is 68.7 Å². The second-order valence-corrected chi connectivity index (χ2v) is 9.75. The van der Waals surface area contributed by atoms with Crippen LogP contribution < -0.4 is 10.6 Å². The summed E-state index contributed by atoms with van der Waals surface area (Å²) in [6, 6.07) is 14.3. The summed E-state index contributed by atoms with van der Waals surface area (Å²) in [6.07, 6.45) is 4.72. The molecule has 1 aliphatic rings. The summed E-state index contributed by atoms with van der Waals surface area (Å²) >= 11 is 1.72. The number of piperidine rings is 1. The molecule has 1 aliphatic heterocycles. The van der Waals surface area contributed by atoms with Crippen LogP contribution in [0.5, 0.6) is 0 Å². The van der Waals surface area contributed by atoms with Crippen LogP contribution in [-0.4, -0.2) is 53.9 Å². The van der Waals surface area contributed by atoms with E-state index < -0.39 is 0 Å². The Labute approximate surface area is 192 Å². The van der Waals surface area contributed by atoms with Gasteiger partial charge in [-0.2, -0.15) is 0 Å². The minimum atomic E-state index is -0.0789. The van der Waals surface area contributed by atoms with Crippen LogP contribution >= 0.6 is 11.3 Å². The smallest absolute Gasteiger partial charge is 0.251 e. The predicted octanol–water partition coefficient (Wildman–Crippen LogP) is 4.01. The number of hydrogen-bond donors (Lipinski definition) is 2. The number of thiazole rings is 1. The molecule has 4 aromatic rings. The van der Waals surface area contributed by atoms with Gasteiger partial charge in [0.15, 0.2) is 4.96 Å². The maximum absolute atomic E-state index is 11.8. The Morgan fingerprint density at radius 1 is 1.22 bits per heavy atom. The molecule has 1 fully saturated rings. The third-order valence-corrected chi connectivity index (χ3v) is 7.33. The van der Waals surface area contributed by atoms with Crippen molar-refractivity contribution in [2.45, 2.75) is 19.4 Å². The van der Waals surface area contributed by atoms with Crippen LogP contribution in [-0.2, 0) is 6.54 Å². The molecule has 1 atom stereocenters. The summed E-state index contributed by atoms with van der Waals surface area (Å²) in [6.45, 7) is 4.42. The standard InChI is InChI=1S/C25H29N5OS/c1-26-24(31)20-8-6-19(7-9-20)21-16-30-22-10-5-17(12-23(22)32-25(30)28-21)13-27-14-18-4-3-11-29(2)15-18/h5-10,12,16,18,27H,3-4,11,13-15H2,1-2H3,(H,26,31)/t18-/m1/s1. The van der Waals surface area contributed by atoms with Gasteiger partial charge in [0.25, 0.3) is 5.91 Å². The zero-order valence-corrected chi connectivity index (χ0v) is 19.4. The SMILES string of the molecule is CNC(=O)c1ccc(-c2cn3c(n2)sc2cc(CNC[C@H]4CCCN(C)C4)ccc23)cc1. The molecule has 0 aliphatic carbocycles. The number of likely N-dealkylation sites (tertiary alicyclic amines) is 1. The van der Waals surface area contributed by atoms with Crippen molar-refractivity contribution >= 4 is 32.4 Å².